The maximum atomic E-state index is 12.1. The number of esters is 1. The highest BCUT2D eigenvalue weighted by Gasteiger charge is 2.44. The van der Waals surface area contributed by atoms with E-state index in [1.807, 2.05) is 42.6 Å². The van der Waals surface area contributed by atoms with Crippen molar-refractivity contribution in [2.75, 3.05) is 6.61 Å². The van der Waals surface area contributed by atoms with Crippen molar-refractivity contribution in [3.63, 3.8) is 0 Å². The van der Waals surface area contributed by atoms with E-state index < -0.39 is 5.97 Å². The number of fused-ring (bicyclic) bond motifs is 3. The summed E-state index contributed by atoms with van der Waals surface area (Å²) < 4.78 is 14.3. The Bertz CT molecular complexity index is 995. The molecule has 0 aliphatic carbocycles. The maximum Gasteiger partial charge on any atom is 0.334 e. The van der Waals surface area contributed by atoms with Gasteiger partial charge in [0.1, 0.15) is 11.5 Å². The van der Waals surface area contributed by atoms with Crippen molar-refractivity contribution in [2.45, 2.75) is 19.4 Å². The summed E-state index contributed by atoms with van der Waals surface area (Å²) in [6.45, 7) is 2.73. The van der Waals surface area contributed by atoms with Gasteiger partial charge in [-0.05, 0) is 31.2 Å². The minimum atomic E-state index is -0.432. The highest BCUT2D eigenvalue weighted by molar-refractivity contribution is 9.10. The SMILES string of the molecule is CCOC(=O)/C=C1\OC(c2ccc(Br)cc2)=C(C#N)[C@@H]2c3cccn3C[C@H]12. The largest absolute Gasteiger partial charge is 0.463 e. The Morgan fingerprint density at radius 3 is 2.89 bits per heavy atom. The molecule has 2 aliphatic rings. The Morgan fingerprint density at radius 1 is 1.41 bits per heavy atom. The number of hydrogen-bond acceptors (Lipinski definition) is 4. The number of allylic oxidation sites excluding steroid dienone is 2. The van der Waals surface area contributed by atoms with E-state index in [9.17, 15) is 10.1 Å². The molecule has 0 saturated heterocycles. The zero-order valence-electron chi connectivity index (χ0n) is 14.7. The number of nitriles is 1. The zero-order valence-corrected chi connectivity index (χ0v) is 16.3. The molecule has 3 heterocycles. The molecule has 136 valence electrons. The molecule has 1 aromatic carbocycles. The normalized spacial score (nSPS) is 22.0. The smallest absolute Gasteiger partial charge is 0.334 e. The third-order valence-electron chi connectivity index (χ3n) is 4.89. The van der Waals surface area contributed by atoms with Crippen LogP contribution >= 0.6 is 15.9 Å². The minimum Gasteiger partial charge on any atom is -0.463 e. The van der Waals surface area contributed by atoms with Crippen molar-refractivity contribution >= 4 is 27.7 Å². The lowest BCUT2D eigenvalue weighted by molar-refractivity contribution is -0.137. The van der Waals surface area contributed by atoms with Crippen LogP contribution in [-0.2, 0) is 20.8 Å². The number of carbonyl (C=O) groups excluding carboxylic acids is 1. The molecule has 1 aromatic heterocycles. The van der Waals surface area contributed by atoms with Crippen LogP contribution in [0.2, 0.25) is 0 Å². The monoisotopic (exact) mass is 424 g/mol. The molecule has 0 N–H and O–H groups in total. The van der Waals surface area contributed by atoms with Gasteiger partial charge in [-0.1, -0.05) is 28.1 Å². The number of carbonyl (C=O) groups is 1. The van der Waals surface area contributed by atoms with Gasteiger partial charge in [-0.2, -0.15) is 5.26 Å². The number of benzene rings is 1. The van der Waals surface area contributed by atoms with Crippen molar-refractivity contribution < 1.29 is 14.3 Å². The lowest BCUT2D eigenvalue weighted by Gasteiger charge is -2.30. The van der Waals surface area contributed by atoms with E-state index in [-0.39, 0.29) is 11.8 Å². The fourth-order valence-corrected chi connectivity index (χ4v) is 4.03. The molecule has 2 aliphatic heterocycles. The topological polar surface area (TPSA) is 64.2 Å². The lowest BCUT2D eigenvalue weighted by atomic mass is 9.81. The van der Waals surface area contributed by atoms with Crippen LogP contribution in [0.1, 0.15) is 24.1 Å². The summed E-state index contributed by atoms with van der Waals surface area (Å²) in [4.78, 5) is 12.1. The summed E-state index contributed by atoms with van der Waals surface area (Å²) in [5, 5.41) is 9.92. The van der Waals surface area contributed by atoms with Crippen molar-refractivity contribution in [1.82, 2.24) is 4.57 Å². The second-order valence-corrected chi connectivity index (χ2v) is 7.35. The molecule has 0 radical (unpaired) electrons. The minimum absolute atomic E-state index is 0.0977. The van der Waals surface area contributed by atoms with Gasteiger partial charge in [0.05, 0.1) is 24.3 Å². The summed E-state index contributed by atoms with van der Waals surface area (Å²) in [7, 11) is 0. The van der Waals surface area contributed by atoms with Crippen LogP contribution in [0.4, 0.5) is 0 Å². The van der Waals surface area contributed by atoms with E-state index >= 15 is 0 Å². The van der Waals surface area contributed by atoms with Gasteiger partial charge in [0, 0.05) is 40.3 Å². The number of aromatic nitrogens is 1. The second kappa shape index (κ2) is 7.09. The Balaban J connectivity index is 1.86. The van der Waals surface area contributed by atoms with Crippen molar-refractivity contribution in [3.8, 4) is 6.07 Å². The van der Waals surface area contributed by atoms with Gasteiger partial charge < -0.3 is 14.0 Å². The van der Waals surface area contributed by atoms with Crippen molar-refractivity contribution in [2.24, 2.45) is 5.92 Å². The first kappa shape index (κ1) is 17.6. The van der Waals surface area contributed by atoms with Gasteiger partial charge in [0.25, 0.3) is 0 Å². The van der Waals surface area contributed by atoms with E-state index in [0.29, 0.717) is 30.2 Å². The van der Waals surface area contributed by atoms with E-state index in [0.717, 1.165) is 15.7 Å². The number of halogens is 1. The van der Waals surface area contributed by atoms with Gasteiger partial charge in [-0.15, -0.1) is 0 Å². The van der Waals surface area contributed by atoms with Crippen LogP contribution in [0.5, 0.6) is 0 Å². The summed E-state index contributed by atoms with van der Waals surface area (Å²) in [5.74, 6) is 0.367. The standard InChI is InChI=1S/C21H17BrN2O3/c1-2-26-19(25)10-18-16-12-24-9-3-4-17(24)20(16)15(11-23)21(27-18)13-5-7-14(22)8-6-13/h3-10,16,20H,2,12H2,1H3/b18-10-/t16-,20+/m1/s1. The Hall–Kier alpha value is -2.78. The number of rotatable bonds is 3. The maximum absolute atomic E-state index is 12.1. The second-order valence-electron chi connectivity index (χ2n) is 6.43. The predicted molar refractivity (Wildman–Crippen MR) is 103 cm³/mol. The number of ether oxygens (including phenoxy) is 2. The van der Waals surface area contributed by atoms with Crippen molar-refractivity contribution in [3.05, 3.63) is 75.7 Å². The average Bonchev–Trinajstić information content (AvgIpc) is 3.24. The van der Waals surface area contributed by atoms with Crippen LogP contribution in [0.3, 0.4) is 0 Å². The highest BCUT2D eigenvalue weighted by atomic mass is 79.9. The number of hydrogen-bond donors (Lipinski definition) is 0. The summed E-state index contributed by atoms with van der Waals surface area (Å²) in [5.41, 5.74) is 2.44. The lowest BCUT2D eigenvalue weighted by Crippen LogP contribution is -2.22. The van der Waals surface area contributed by atoms with Crippen LogP contribution in [0.15, 0.2) is 64.5 Å². The predicted octanol–water partition coefficient (Wildman–Crippen LogP) is 4.38. The van der Waals surface area contributed by atoms with E-state index in [2.05, 4.69) is 26.6 Å². The Morgan fingerprint density at radius 2 is 2.19 bits per heavy atom. The molecule has 0 fully saturated rings. The summed E-state index contributed by atoms with van der Waals surface area (Å²) in [6, 6.07) is 13.9. The molecule has 2 aromatic rings. The van der Waals surface area contributed by atoms with Gasteiger partial charge in [0.2, 0.25) is 0 Å². The van der Waals surface area contributed by atoms with E-state index in [1.54, 1.807) is 6.92 Å². The quantitative estimate of drug-likeness (QED) is 0.541. The molecule has 2 atom stereocenters. The first-order valence-electron chi connectivity index (χ1n) is 8.73. The van der Waals surface area contributed by atoms with Crippen LogP contribution in [0, 0.1) is 17.2 Å². The number of nitrogens with zero attached hydrogens (tertiary/aromatic N) is 2. The third-order valence-corrected chi connectivity index (χ3v) is 5.42. The van der Waals surface area contributed by atoms with Gasteiger partial charge >= 0.3 is 5.97 Å². The summed E-state index contributed by atoms with van der Waals surface area (Å²) in [6.07, 6.45) is 3.41. The summed E-state index contributed by atoms with van der Waals surface area (Å²) >= 11 is 3.43. The molecule has 4 rings (SSSR count). The highest BCUT2D eigenvalue weighted by Crippen LogP contribution is 2.50. The third kappa shape index (κ3) is 3.08. The first-order valence-corrected chi connectivity index (χ1v) is 9.53. The molecule has 0 unspecified atom stereocenters. The van der Waals surface area contributed by atoms with E-state index in [1.165, 1.54) is 6.08 Å². The van der Waals surface area contributed by atoms with Gasteiger partial charge in [0.15, 0.2) is 0 Å². The fraction of sp³-hybridized carbons (Fsp3) is 0.238. The molecule has 6 heteroatoms. The van der Waals surface area contributed by atoms with Crippen molar-refractivity contribution in [1.29, 1.82) is 5.26 Å². The molecule has 27 heavy (non-hydrogen) atoms. The first-order chi connectivity index (χ1) is 13.1. The molecule has 5 nitrogen and oxygen atoms in total. The zero-order chi connectivity index (χ0) is 19.0. The van der Waals surface area contributed by atoms with Gasteiger partial charge in [-0.25, -0.2) is 4.79 Å². The average molecular weight is 425 g/mol. The Labute approximate surface area is 165 Å². The van der Waals surface area contributed by atoms with Crippen LogP contribution < -0.4 is 0 Å². The molecule has 0 saturated carbocycles. The Kier molecular flexibility index (Phi) is 4.63. The molecular formula is C21H17BrN2O3. The molecular weight excluding hydrogens is 408 g/mol. The van der Waals surface area contributed by atoms with Crippen LogP contribution in [-0.4, -0.2) is 17.1 Å². The van der Waals surface area contributed by atoms with Gasteiger partial charge in [-0.3, -0.25) is 0 Å². The molecule has 0 spiro atoms. The molecule has 0 bridgehead atoms. The van der Waals surface area contributed by atoms with Crippen LogP contribution in [0.25, 0.3) is 5.76 Å². The van der Waals surface area contributed by atoms with E-state index in [4.69, 9.17) is 9.47 Å². The fourth-order valence-electron chi connectivity index (χ4n) is 3.76. The molecule has 0 amide bonds.